The van der Waals surface area contributed by atoms with E-state index < -0.39 is 12.0 Å². The lowest BCUT2D eigenvalue weighted by molar-refractivity contribution is -0.124. The highest BCUT2D eigenvalue weighted by molar-refractivity contribution is 5.93. The van der Waals surface area contributed by atoms with Crippen LogP contribution >= 0.6 is 0 Å². The maximum atomic E-state index is 11.8. The zero-order chi connectivity index (χ0) is 16.7. The van der Waals surface area contributed by atoms with Crippen molar-refractivity contribution in [2.75, 3.05) is 25.1 Å². The second-order valence-electron chi connectivity index (χ2n) is 5.08. The molecule has 1 saturated heterocycles. The molecule has 4 N–H and O–H groups in total. The number of hydrogen-bond donors (Lipinski definition) is 3. The first-order valence-corrected chi connectivity index (χ1v) is 7.26. The van der Waals surface area contributed by atoms with Crippen LogP contribution in [0.15, 0.2) is 24.3 Å². The van der Waals surface area contributed by atoms with Crippen LogP contribution in [-0.2, 0) is 14.3 Å². The van der Waals surface area contributed by atoms with Gasteiger partial charge in [-0.3, -0.25) is 4.79 Å². The third kappa shape index (κ3) is 5.59. The van der Waals surface area contributed by atoms with E-state index in [2.05, 4.69) is 10.6 Å². The van der Waals surface area contributed by atoms with E-state index in [4.69, 9.17) is 15.2 Å². The van der Waals surface area contributed by atoms with E-state index in [1.54, 1.807) is 0 Å². The lowest BCUT2D eigenvalue weighted by Crippen LogP contribution is -2.34. The molecule has 1 aromatic carbocycles. The van der Waals surface area contributed by atoms with Gasteiger partial charge in [0.25, 0.3) is 5.91 Å². The van der Waals surface area contributed by atoms with Crippen molar-refractivity contribution in [3.63, 3.8) is 0 Å². The van der Waals surface area contributed by atoms with Gasteiger partial charge in [0.15, 0.2) is 6.61 Å². The van der Waals surface area contributed by atoms with Crippen LogP contribution in [-0.4, -0.2) is 43.8 Å². The van der Waals surface area contributed by atoms with Crippen LogP contribution in [0, 0.1) is 0 Å². The van der Waals surface area contributed by atoms with Crippen LogP contribution < -0.4 is 16.4 Å². The molecule has 1 aliphatic rings. The van der Waals surface area contributed by atoms with E-state index in [1.807, 2.05) is 0 Å². The van der Waals surface area contributed by atoms with Gasteiger partial charge in [0.2, 0.25) is 0 Å². The van der Waals surface area contributed by atoms with Gasteiger partial charge in [-0.25, -0.2) is 9.59 Å². The maximum Gasteiger partial charge on any atom is 0.338 e. The number of hydrogen-bond acceptors (Lipinski definition) is 5. The Morgan fingerprint density at radius 1 is 1.26 bits per heavy atom. The van der Waals surface area contributed by atoms with Gasteiger partial charge in [-0.15, -0.1) is 0 Å². The van der Waals surface area contributed by atoms with E-state index in [-0.39, 0.29) is 24.2 Å². The Labute approximate surface area is 133 Å². The van der Waals surface area contributed by atoms with Crippen LogP contribution in [0.2, 0.25) is 0 Å². The van der Waals surface area contributed by atoms with Crippen molar-refractivity contribution in [1.29, 1.82) is 0 Å². The Hall–Kier alpha value is -2.61. The van der Waals surface area contributed by atoms with Gasteiger partial charge in [-0.1, -0.05) is 0 Å². The van der Waals surface area contributed by atoms with Crippen molar-refractivity contribution in [3.8, 4) is 0 Å². The third-order valence-electron chi connectivity index (χ3n) is 3.27. The van der Waals surface area contributed by atoms with Crippen LogP contribution in [0.3, 0.4) is 0 Å². The van der Waals surface area contributed by atoms with Crippen LogP contribution in [0.5, 0.6) is 0 Å². The number of urea groups is 1. The molecule has 0 unspecified atom stereocenters. The zero-order valence-corrected chi connectivity index (χ0v) is 12.5. The second kappa shape index (κ2) is 8.14. The maximum absolute atomic E-state index is 11.8. The molecule has 1 aliphatic heterocycles. The molecule has 1 atom stereocenters. The van der Waals surface area contributed by atoms with Crippen molar-refractivity contribution in [1.82, 2.24) is 5.32 Å². The molecule has 2 rings (SSSR count). The summed E-state index contributed by atoms with van der Waals surface area (Å²) in [6, 6.07) is 5.27. The van der Waals surface area contributed by atoms with Gasteiger partial charge in [0.05, 0.1) is 11.7 Å². The summed E-state index contributed by atoms with van der Waals surface area (Å²) in [5.74, 6) is -0.997. The number of amides is 3. The van der Waals surface area contributed by atoms with Crippen LogP contribution in [0.1, 0.15) is 23.2 Å². The lowest BCUT2D eigenvalue weighted by atomic mass is 10.2. The monoisotopic (exact) mass is 321 g/mol. The minimum Gasteiger partial charge on any atom is -0.452 e. The number of nitrogens with two attached hydrogens (primary N) is 1. The van der Waals surface area contributed by atoms with Crippen LogP contribution in [0.4, 0.5) is 10.5 Å². The summed E-state index contributed by atoms with van der Waals surface area (Å²) in [6.45, 7) is 0.785. The quantitative estimate of drug-likeness (QED) is 0.664. The number of carbonyl (C=O) groups is 3. The Bertz CT molecular complexity index is 567. The molecule has 0 saturated carbocycles. The van der Waals surface area contributed by atoms with Crippen LogP contribution in [0.25, 0.3) is 0 Å². The fourth-order valence-corrected chi connectivity index (χ4v) is 2.13. The fourth-order valence-electron chi connectivity index (χ4n) is 2.13. The molecule has 23 heavy (non-hydrogen) atoms. The molecule has 1 heterocycles. The third-order valence-corrected chi connectivity index (χ3v) is 3.27. The minimum atomic E-state index is -0.691. The molecule has 0 radical (unpaired) electrons. The molecule has 0 aromatic heterocycles. The standard InChI is InChI=1S/C15H19N3O5/c16-15(21)18-11-5-3-10(4-6-11)14(20)23-9-13(19)17-8-12-2-1-7-22-12/h3-6,12H,1-2,7-9H2,(H,17,19)(H3,16,18,21)/t12-/m1/s1. The highest BCUT2D eigenvalue weighted by Gasteiger charge is 2.17. The summed E-state index contributed by atoms with van der Waals surface area (Å²) in [6.07, 6.45) is 1.96. The predicted molar refractivity (Wildman–Crippen MR) is 81.9 cm³/mol. The first kappa shape index (κ1) is 16.8. The van der Waals surface area contributed by atoms with Gasteiger partial charge >= 0.3 is 12.0 Å². The number of rotatable bonds is 6. The van der Waals surface area contributed by atoms with E-state index in [0.29, 0.717) is 12.2 Å². The molecule has 8 nitrogen and oxygen atoms in total. The molecule has 0 bridgehead atoms. The molecule has 124 valence electrons. The topological polar surface area (TPSA) is 120 Å². The normalized spacial score (nSPS) is 16.6. The SMILES string of the molecule is NC(=O)Nc1ccc(C(=O)OCC(=O)NC[C@H]2CCCO2)cc1. The Balaban J connectivity index is 1.72. The van der Waals surface area contributed by atoms with Gasteiger partial charge in [-0.05, 0) is 37.1 Å². The number of primary amides is 1. The number of benzene rings is 1. The molecule has 0 aliphatic carbocycles. The zero-order valence-electron chi connectivity index (χ0n) is 12.5. The number of ether oxygens (including phenoxy) is 2. The average molecular weight is 321 g/mol. The Kier molecular flexibility index (Phi) is 5.93. The summed E-state index contributed by atoms with van der Waals surface area (Å²) >= 11 is 0. The van der Waals surface area contributed by atoms with Gasteiger partial charge in [0.1, 0.15) is 0 Å². The smallest absolute Gasteiger partial charge is 0.338 e. The molecular formula is C15H19N3O5. The average Bonchev–Trinajstić information content (AvgIpc) is 3.04. The summed E-state index contributed by atoms with van der Waals surface area (Å²) in [5.41, 5.74) is 5.71. The minimum absolute atomic E-state index is 0.0416. The summed E-state index contributed by atoms with van der Waals surface area (Å²) in [5, 5.41) is 5.03. The highest BCUT2D eigenvalue weighted by atomic mass is 16.5. The van der Waals surface area contributed by atoms with Crippen molar-refractivity contribution in [3.05, 3.63) is 29.8 Å². The number of nitrogens with one attached hydrogen (secondary N) is 2. The number of anilines is 1. The highest BCUT2D eigenvalue weighted by Crippen LogP contribution is 2.11. The van der Waals surface area contributed by atoms with E-state index in [0.717, 1.165) is 19.4 Å². The Morgan fingerprint density at radius 2 is 2.00 bits per heavy atom. The van der Waals surface area contributed by atoms with Gasteiger partial charge < -0.3 is 25.8 Å². The molecular weight excluding hydrogens is 302 g/mol. The van der Waals surface area contributed by atoms with Crippen molar-refractivity contribution in [2.45, 2.75) is 18.9 Å². The first-order chi connectivity index (χ1) is 11.0. The Morgan fingerprint density at radius 3 is 2.61 bits per heavy atom. The fraction of sp³-hybridized carbons (Fsp3) is 0.400. The largest absolute Gasteiger partial charge is 0.452 e. The van der Waals surface area contributed by atoms with Crippen molar-refractivity contribution < 1.29 is 23.9 Å². The molecule has 3 amide bonds. The molecule has 1 fully saturated rings. The first-order valence-electron chi connectivity index (χ1n) is 7.26. The van der Waals surface area contributed by atoms with Gasteiger partial charge in [0, 0.05) is 18.8 Å². The molecule has 1 aromatic rings. The summed E-state index contributed by atoms with van der Waals surface area (Å²) < 4.78 is 10.3. The van der Waals surface area contributed by atoms with E-state index in [1.165, 1.54) is 24.3 Å². The number of esters is 1. The molecule has 0 spiro atoms. The molecule has 8 heteroatoms. The van der Waals surface area contributed by atoms with Gasteiger partial charge in [-0.2, -0.15) is 0 Å². The summed E-state index contributed by atoms with van der Waals surface area (Å²) in [4.78, 5) is 34.1. The second-order valence-corrected chi connectivity index (χ2v) is 5.08. The lowest BCUT2D eigenvalue weighted by Gasteiger charge is -2.11. The van der Waals surface area contributed by atoms with Crippen molar-refractivity contribution in [2.24, 2.45) is 5.73 Å². The number of carbonyl (C=O) groups excluding carboxylic acids is 3. The summed E-state index contributed by atoms with van der Waals surface area (Å²) in [7, 11) is 0. The predicted octanol–water partition coefficient (Wildman–Crippen LogP) is 0.629. The van der Waals surface area contributed by atoms with E-state index >= 15 is 0 Å². The van der Waals surface area contributed by atoms with Crippen molar-refractivity contribution >= 4 is 23.6 Å². The van der Waals surface area contributed by atoms with E-state index in [9.17, 15) is 14.4 Å².